The zero-order valence-corrected chi connectivity index (χ0v) is 15.4. The summed E-state index contributed by atoms with van der Waals surface area (Å²) in [5.74, 6) is 0.874. The second-order valence-corrected chi connectivity index (χ2v) is 8.59. The summed E-state index contributed by atoms with van der Waals surface area (Å²) >= 11 is 0. The van der Waals surface area contributed by atoms with Crippen molar-refractivity contribution in [1.82, 2.24) is 18.9 Å². The van der Waals surface area contributed by atoms with Crippen LogP contribution >= 0.6 is 0 Å². The first-order valence-electron chi connectivity index (χ1n) is 8.57. The average molecular weight is 371 g/mol. The highest BCUT2D eigenvalue weighted by Crippen LogP contribution is 2.26. The van der Waals surface area contributed by atoms with Crippen molar-refractivity contribution in [3.8, 4) is 0 Å². The van der Waals surface area contributed by atoms with E-state index in [-0.39, 0.29) is 11.8 Å². The molecule has 1 atom stereocenters. The number of rotatable bonds is 5. The molecule has 3 aromatic rings. The molecule has 4 rings (SSSR count). The summed E-state index contributed by atoms with van der Waals surface area (Å²) in [7, 11) is -1.69. The molecule has 0 spiro atoms. The molecule has 0 bridgehead atoms. The van der Waals surface area contributed by atoms with Gasteiger partial charge in [-0.05, 0) is 18.1 Å². The predicted octanol–water partition coefficient (Wildman–Crippen LogP) is 1.77. The van der Waals surface area contributed by atoms with Gasteiger partial charge in [0.25, 0.3) is 0 Å². The van der Waals surface area contributed by atoms with E-state index in [1.54, 1.807) is 24.0 Å². The Morgan fingerprint density at radius 1 is 1.19 bits per heavy atom. The molecule has 0 radical (unpaired) electrons. The van der Waals surface area contributed by atoms with Crippen LogP contribution in [0.15, 0.2) is 55.0 Å². The molecular formula is C18H21N5O2S. The van der Waals surface area contributed by atoms with E-state index >= 15 is 0 Å². The zero-order chi connectivity index (χ0) is 18.1. The molecule has 1 fully saturated rings. The van der Waals surface area contributed by atoms with Crippen LogP contribution < -0.4 is 4.90 Å². The van der Waals surface area contributed by atoms with Crippen molar-refractivity contribution in [3.63, 3.8) is 0 Å². The van der Waals surface area contributed by atoms with Gasteiger partial charge in [-0.15, -0.1) is 0 Å². The highest BCUT2D eigenvalue weighted by Gasteiger charge is 2.33. The lowest BCUT2D eigenvalue weighted by Gasteiger charge is -2.25. The SMILES string of the molecule is CN(C1CCN(c2nccn3nccc23)C1)S(=O)(=O)Cc1ccccc1. The zero-order valence-electron chi connectivity index (χ0n) is 14.6. The van der Waals surface area contributed by atoms with Gasteiger partial charge in [-0.3, -0.25) is 0 Å². The third kappa shape index (κ3) is 3.17. The van der Waals surface area contributed by atoms with Crippen molar-refractivity contribution in [2.45, 2.75) is 18.2 Å². The lowest BCUT2D eigenvalue weighted by molar-refractivity contribution is 0.389. The van der Waals surface area contributed by atoms with Crippen LogP contribution in [0, 0.1) is 0 Å². The molecule has 1 aliphatic heterocycles. The van der Waals surface area contributed by atoms with Crippen LogP contribution in [-0.4, -0.2) is 53.5 Å². The van der Waals surface area contributed by atoms with Gasteiger partial charge in [-0.2, -0.15) is 9.40 Å². The van der Waals surface area contributed by atoms with Gasteiger partial charge < -0.3 is 4.90 Å². The average Bonchev–Trinajstić information content (AvgIpc) is 3.30. The van der Waals surface area contributed by atoms with Crippen molar-refractivity contribution < 1.29 is 8.42 Å². The first kappa shape index (κ1) is 17.0. The molecule has 0 aliphatic carbocycles. The summed E-state index contributed by atoms with van der Waals surface area (Å²) in [5.41, 5.74) is 1.74. The normalized spacial score (nSPS) is 18.1. The summed E-state index contributed by atoms with van der Waals surface area (Å²) in [6, 6.07) is 11.2. The Morgan fingerprint density at radius 3 is 2.81 bits per heavy atom. The maximum Gasteiger partial charge on any atom is 0.218 e. The summed E-state index contributed by atoms with van der Waals surface area (Å²) in [6.07, 6.45) is 6.05. The van der Waals surface area contributed by atoms with Crippen LogP contribution in [0.1, 0.15) is 12.0 Å². The molecule has 0 amide bonds. The fraction of sp³-hybridized carbons (Fsp3) is 0.333. The van der Waals surface area contributed by atoms with Crippen LogP contribution in [-0.2, 0) is 15.8 Å². The first-order valence-corrected chi connectivity index (χ1v) is 10.2. The quantitative estimate of drug-likeness (QED) is 0.684. The fourth-order valence-electron chi connectivity index (χ4n) is 3.43. The number of hydrogen-bond donors (Lipinski definition) is 0. The van der Waals surface area contributed by atoms with Crippen molar-refractivity contribution in [3.05, 3.63) is 60.6 Å². The number of benzene rings is 1. The Bertz CT molecular complexity index is 1000. The number of aromatic nitrogens is 3. The minimum absolute atomic E-state index is 0.0251. The van der Waals surface area contributed by atoms with Crippen LogP contribution in [0.25, 0.3) is 5.52 Å². The van der Waals surface area contributed by atoms with E-state index in [4.69, 9.17) is 0 Å². The molecule has 1 aliphatic rings. The van der Waals surface area contributed by atoms with Crippen molar-refractivity contribution in [1.29, 1.82) is 0 Å². The molecule has 1 saturated heterocycles. The molecule has 1 unspecified atom stereocenters. The highest BCUT2D eigenvalue weighted by atomic mass is 32.2. The minimum Gasteiger partial charge on any atom is -0.353 e. The van der Waals surface area contributed by atoms with E-state index in [0.29, 0.717) is 6.54 Å². The molecule has 3 heterocycles. The first-order chi connectivity index (χ1) is 12.5. The lowest BCUT2D eigenvalue weighted by Crippen LogP contribution is -2.39. The number of hydrogen-bond acceptors (Lipinski definition) is 5. The van der Waals surface area contributed by atoms with Gasteiger partial charge in [0.15, 0.2) is 5.82 Å². The van der Waals surface area contributed by atoms with Crippen LogP contribution in [0.5, 0.6) is 0 Å². The number of sulfonamides is 1. The molecule has 8 heteroatoms. The molecular weight excluding hydrogens is 350 g/mol. The van der Waals surface area contributed by atoms with Crippen LogP contribution in [0.4, 0.5) is 5.82 Å². The van der Waals surface area contributed by atoms with Crippen molar-refractivity contribution in [2.75, 3.05) is 25.0 Å². The van der Waals surface area contributed by atoms with E-state index in [9.17, 15) is 8.42 Å². The number of nitrogens with zero attached hydrogens (tertiary/aromatic N) is 5. The highest BCUT2D eigenvalue weighted by molar-refractivity contribution is 7.88. The molecule has 136 valence electrons. The Morgan fingerprint density at radius 2 is 2.00 bits per heavy atom. The van der Waals surface area contributed by atoms with Gasteiger partial charge in [0.05, 0.1) is 11.9 Å². The second-order valence-electron chi connectivity index (χ2n) is 6.56. The van der Waals surface area contributed by atoms with Gasteiger partial charge in [-0.1, -0.05) is 30.3 Å². The van der Waals surface area contributed by atoms with Crippen molar-refractivity contribution in [2.24, 2.45) is 0 Å². The lowest BCUT2D eigenvalue weighted by atomic mass is 10.2. The van der Waals surface area contributed by atoms with E-state index in [1.165, 1.54) is 4.31 Å². The van der Waals surface area contributed by atoms with Gasteiger partial charge in [0.1, 0.15) is 5.52 Å². The van der Waals surface area contributed by atoms with Crippen molar-refractivity contribution >= 4 is 21.4 Å². The molecule has 2 aromatic heterocycles. The van der Waals surface area contributed by atoms with Crippen LogP contribution in [0.2, 0.25) is 0 Å². The Balaban J connectivity index is 1.50. The standard InChI is InChI=1S/C18H21N5O2S/c1-21(26(24,25)14-15-5-3-2-4-6-15)16-8-11-22(13-16)18-17-7-9-20-23(17)12-10-19-18/h2-7,9-10,12,16H,8,11,13-14H2,1H3. The molecule has 7 nitrogen and oxygen atoms in total. The topological polar surface area (TPSA) is 70.8 Å². The van der Waals surface area contributed by atoms with Crippen LogP contribution in [0.3, 0.4) is 0 Å². The third-order valence-corrected chi connectivity index (χ3v) is 6.79. The molecule has 26 heavy (non-hydrogen) atoms. The number of fused-ring (bicyclic) bond motifs is 1. The third-order valence-electron chi connectivity index (χ3n) is 4.91. The van der Waals surface area contributed by atoms with Gasteiger partial charge in [0.2, 0.25) is 10.0 Å². The number of likely N-dealkylation sites (N-methyl/N-ethyl adjacent to an activating group) is 1. The summed E-state index contributed by atoms with van der Waals surface area (Å²) in [6.45, 7) is 1.40. The van der Waals surface area contributed by atoms with Gasteiger partial charge in [0, 0.05) is 38.6 Å². The Labute approximate surface area is 152 Å². The van der Waals surface area contributed by atoms with E-state index < -0.39 is 10.0 Å². The summed E-state index contributed by atoms with van der Waals surface area (Å²) < 4.78 is 28.9. The summed E-state index contributed by atoms with van der Waals surface area (Å²) in [5, 5.41) is 4.23. The smallest absolute Gasteiger partial charge is 0.218 e. The Hall–Kier alpha value is -2.45. The minimum atomic E-state index is -3.37. The maximum atomic E-state index is 12.8. The van der Waals surface area contributed by atoms with Gasteiger partial charge in [-0.25, -0.2) is 17.9 Å². The number of anilines is 1. The molecule has 0 N–H and O–H groups in total. The monoisotopic (exact) mass is 371 g/mol. The molecule has 0 saturated carbocycles. The van der Waals surface area contributed by atoms with Gasteiger partial charge >= 0.3 is 0 Å². The van der Waals surface area contributed by atoms with E-state index in [1.807, 2.05) is 42.6 Å². The van der Waals surface area contributed by atoms with E-state index in [0.717, 1.165) is 29.9 Å². The van der Waals surface area contributed by atoms with E-state index in [2.05, 4.69) is 15.0 Å². The maximum absolute atomic E-state index is 12.8. The second kappa shape index (κ2) is 6.69. The Kier molecular flexibility index (Phi) is 4.37. The largest absolute Gasteiger partial charge is 0.353 e. The summed E-state index contributed by atoms with van der Waals surface area (Å²) in [4.78, 5) is 6.62. The predicted molar refractivity (Wildman–Crippen MR) is 100 cm³/mol. The molecule has 1 aromatic carbocycles. The fourth-order valence-corrected chi connectivity index (χ4v) is 4.88.